The maximum atomic E-state index is 14.9. The normalized spacial score (nSPS) is 17.5. The zero-order valence-electron chi connectivity index (χ0n) is 23.8. The maximum absolute atomic E-state index is 14.9. The number of nitrogens with zero attached hydrogens (tertiary/aromatic N) is 1. The molecule has 0 aromatic heterocycles. The van der Waals surface area contributed by atoms with E-state index in [0.29, 0.717) is 30.0 Å². The van der Waals surface area contributed by atoms with Crippen molar-refractivity contribution < 1.29 is 26.7 Å². The molecule has 1 aliphatic heterocycles. The van der Waals surface area contributed by atoms with Crippen molar-refractivity contribution in [3.05, 3.63) is 99.6 Å². The van der Waals surface area contributed by atoms with Crippen molar-refractivity contribution in [3.63, 3.8) is 0 Å². The van der Waals surface area contributed by atoms with E-state index in [2.05, 4.69) is 0 Å². The van der Waals surface area contributed by atoms with Gasteiger partial charge in [0.1, 0.15) is 11.6 Å². The zero-order chi connectivity index (χ0) is 29.7. The summed E-state index contributed by atoms with van der Waals surface area (Å²) in [5, 5.41) is 0. The van der Waals surface area contributed by atoms with Crippen LogP contribution >= 0.6 is 0 Å². The van der Waals surface area contributed by atoms with Crippen LogP contribution in [-0.4, -0.2) is 38.4 Å². The van der Waals surface area contributed by atoms with E-state index < -0.39 is 33.5 Å². The first-order valence-corrected chi connectivity index (χ1v) is 15.5. The van der Waals surface area contributed by atoms with Gasteiger partial charge in [-0.15, -0.1) is 0 Å². The van der Waals surface area contributed by atoms with Crippen LogP contribution in [0.2, 0.25) is 0 Å². The molecule has 41 heavy (non-hydrogen) atoms. The summed E-state index contributed by atoms with van der Waals surface area (Å²) in [4.78, 5) is 12.8. The molecule has 0 fully saturated rings. The van der Waals surface area contributed by atoms with Crippen molar-refractivity contribution in [2.75, 3.05) is 19.7 Å². The summed E-state index contributed by atoms with van der Waals surface area (Å²) >= 11 is 0. The Bertz CT molecular complexity index is 1510. The van der Waals surface area contributed by atoms with Crippen LogP contribution in [0.5, 0.6) is 0 Å². The van der Waals surface area contributed by atoms with Crippen LogP contribution in [-0.2, 0) is 38.9 Å². The molecule has 2 N–H and O–H groups in total. The summed E-state index contributed by atoms with van der Waals surface area (Å²) in [6.07, 6.45) is 2.14. The average Bonchev–Trinajstić information content (AvgIpc) is 3.00. The van der Waals surface area contributed by atoms with Gasteiger partial charge < -0.3 is 10.5 Å². The Morgan fingerprint density at radius 2 is 1.90 bits per heavy atom. The van der Waals surface area contributed by atoms with Crippen LogP contribution < -0.4 is 5.73 Å². The number of esters is 1. The van der Waals surface area contributed by atoms with Gasteiger partial charge in [-0.05, 0) is 91.1 Å². The summed E-state index contributed by atoms with van der Waals surface area (Å²) < 4.78 is 63.1. The lowest BCUT2D eigenvalue weighted by molar-refractivity contribution is -0.143. The summed E-state index contributed by atoms with van der Waals surface area (Å²) in [5.74, 6) is -2.62. The number of rotatable bonds is 10. The van der Waals surface area contributed by atoms with Crippen molar-refractivity contribution in [2.45, 2.75) is 63.8 Å². The van der Waals surface area contributed by atoms with Gasteiger partial charge in [-0.3, -0.25) is 4.79 Å². The van der Waals surface area contributed by atoms with E-state index in [-0.39, 0.29) is 31.1 Å². The summed E-state index contributed by atoms with van der Waals surface area (Å²) in [7, 11) is -3.79. The molecule has 0 bridgehead atoms. The van der Waals surface area contributed by atoms with Crippen LogP contribution in [0.3, 0.4) is 0 Å². The number of ether oxygens (including phenoxy) is 1. The molecule has 0 amide bonds. The van der Waals surface area contributed by atoms with Gasteiger partial charge in [0.15, 0.2) is 0 Å². The van der Waals surface area contributed by atoms with Gasteiger partial charge in [-0.25, -0.2) is 17.2 Å². The highest BCUT2D eigenvalue weighted by atomic mass is 32.2. The maximum Gasteiger partial charge on any atom is 0.306 e. The number of aryl methyl sites for hydroxylation is 2. The van der Waals surface area contributed by atoms with E-state index in [1.807, 2.05) is 38.1 Å². The van der Waals surface area contributed by atoms with Gasteiger partial charge in [-0.1, -0.05) is 43.3 Å². The van der Waals surface area contributed by atoms with Crippen LogP contribution in [0, 0.1) is 24.5 Å². The molecule has 4 rings (SSSR count). The first-order valence-electron chi connectivity index (χ1n) is 14.1. The lowest BCUT2D eigenvalue weighted by Crippen LogP contribution is -2.33. The largest absolute Gasteiger partial charge is 0.466 e. The number of benzene rings is 3. The minimum absolute atomic E-state index is 0.0872. The fraction of sp³-hybridized carbons (Fsp3) is 0.406. The van der Waals surface area contributed by atoms with Crippen molar-refractivity contribution in [2.24, 2.45) is 11.7 Å². The van der Waals surface area contributed by atoms with E-state index in [1.165, 1.54) is 10.4 Å². The van der Waals surface area contributed by atoms with E-state index in [9.17, 15) is 22.0 Å². The van der Waals surface area contributed by atoms with E-state index >= 15 is 0 Å². The average molecular weight is 585 g/mol. The predicted molar refractivity (Wildman–Crippen MR) is 155 cm³/mol. The number of carbonyl (C=O) groups excluding carboxylic acids is 1. The topological polar surface area (TPSA) is 89.7 Å². The lowest BCUT2D eigenvalue weighted by Gasteiger charge is -2.25. The molecule has 0 spiro atoms. The molecule has 3 aromatic rings. The molecule has 220 valence electrons. The second kappa shape index (κ2) is 13.2. The first-order chi connectivity index (χ1) is 19.5. The molecule has 2 unspecified atom stereocenters. The van der Waals surface area contributed by atoms with Gasteiger partial charge in [0.25, 0.3) is 0 Å². The fourth-order valence-corrected chi connectivity index (χ4v) is 7.28. The van der Waals surface area contributed by atoms with E-state index in [4.69, 9.17) is 10.5 Å². The third-order valence-electron chi connectivity index (χ3n) is 7.63. The monoisotopic (exact) mass is 584 g/mol. The number of sulfonamides is 1. The summed E-state index contributed by atoms with van der Waals surface area (Å²) in [6.45, 7) is 6.85. The molecule has 0 saturated heterocycles. The number of fused-ring (bicyclic) bond motifs is 1. The number of nitrogens with two attached hydrogens (primary N) is 1. The number of halogens is 2. The standard InChI is InChI=1S/C32H38F2N2O4S/c1-4-40-32(37)18-29(28-11-10-27(33)17-30(28)34)24-9-7-22(3)26(16-24)20-36-19-21(2)14-25-15-23(6-5-13-35)8-12-31(25)41(36,38)39/h7-12,15-17,21,29H,4-6,13-14,18-20,35H2,1-3H3. The van der Waals surface area contributed by atoms with Crippen LogP contribution in [0.4, 0.5) is 8.78 Å². The van der Waals surface area contributed by atoms with Gasteiger partial charge in [0.2, 0.25) is 10.0 Å². The van der Waals surface area contributed by atoms with Gasteiger partial charge in [-0.2, -0.15) is 4.31 Å². The number of hydrogen-bond donors (Lipinski definition) is 1. The van der Waals surface area contributed by atoms with Gasteiger partial charge >= 0.3 is 5.97 Å². The Morgan fingerprint density at radius 3 is 2.61 bits per heavy atom. The molecule has 2 atom stereocenters. The minimum atomic E-state index is -3.79. The highest BCUT2D eigenvalue weighted by Gasteiger charge is 2.33. The van der Waals surface area contributed by atoms with Crippen LogP contribution in [0.15, 0.2) is 59.5 Å². The Labute approximate surface area is 241 Å². The Morgan fingerprint density at radius 1 is 1.12 bits per heavy atom. The van der Waals surface area contributed by atoms with Gasteiger partial charge in [0, 0.05) is 25.1 Å². The second-order valence-electron chi connectivity index (χ2n) is 10.9. The molecule has 1 aliphatic rings. The molecular weight excluding hydrogens is 546 g/mol. The molecular formula is C32H38F2N2O4S. The lowest BCUT2D eigenvalue weighted by atomic mass is 9.86. The number of hydrogen-bond acceptors (Lipinski definition) is 5. The van der Waals surface area contributed by atoms with E-state index in [1.54, 1.807) is 19.1 Å². The molecule has 0 radical (unpaired) electrons. The van der Waals surface area contributed by atoms with Crippen LogP contribution in [0.25, 0.3) is 0 Å². The third kappa shape index (κ3) is 7.20. The van der Waals surface area contributed by atoms with Gasteiger partial charge in [0.05, 0.1) is 17.9 Å². The highest BCUT2D eigenvalue weighted by molar-refractivity contribution is 7.89. The van der Waals surface area contributed by atoms with Crippen LogP contribution in [0.1, 0.15) is 66.0 Å². The highest BCUT2D eigenvalue weighted by Crippen LogP contribution is 2.34. The third-order valence-corrected chi connectivity index (χ3v) is 9.54. The Hall–Kier alpha value is -3.14. The fourth-order valence-electron chi connectivity index (χ4n) is 5.53. The molecule has 1 heterocycles. The first kappa shape index (κ1) is 30.8. The summed E-state index contributed by atoms with van der Waals surface area (Å²) in [6, 6.07) is 14.3. The zero-order valence-corrected chi connectivity index (χ0v) is 24.6. The molecule has 6 nitrogen and oxygen atoms in total. The Balaban J connectivity index is 1.70. The molecule has 9 heteroatoms. The van der Waals surface area contributed by atoms with Crippen molar-refractivity contribution in [1.82, 2.24) is 4.31 Å². The SMILES string of the molecule is CCOC(=O)CC(c1ccc(C)c(CN2CC(C)Cc3cc(CCCN)ccc3S2(=O)=O)c1)c1ccc(F)cc1F. The smallest absolute Gasteiger partial charge is 0.306 e. The van der Waals surface area contributed by atoms with E-state index in [0.717, 1.165) is 47.2 Å². The Kier molecular flexibility index (Phi) is 9.94. The predicted octanol–water partition coefficient (Wildman–Crippen LogP) is 5.63. The van der Waals surface area contributed by atoms with Crippen molar-refractivity contribution in [3.8, 4) is 0 Å². The van der Waals surface area contributed by atoms with Crippen molar-refractivity contribution >= 4 is 16.0 Å². The van der Waals surface area contributed by atoms with Crippen molar-refractivity contribution in [1.29, 1.82) is 0 Å². The quantitative estimate of drug-likeness (QED) is 0.312. The molecule has 3 aromatic carbocycles. The number of carbonyl (C=O) groups is 1. The molecule has 0 aliphatic carbocycles. The summed E-state index contributed by atoms with van der Waals surface area (Å²) in [5.41, 5.74) is 9.97. The minimum Gasteiger partial charge on any atom is -0.466 e. The second-order valence-corrected chi connectivity index (χ2v) is 12.8. The molecule has 0 saturated carbocycles.